The predicted octanol–water partition coefficient (Wildman–Crippen LogP) is 4.41. The Labute approximate surface area is 123 Å². The zero-order chi connectivity index (χ0) is 14.8. The lowest BCUT2D eigenvalue weighted by molar-refractivity contribution is 0.616. The van der Waals surface area contributed by atoms with E-state index in [-0.39, 0.29) is 0 Å². The molecule has 0 aliphatic carbocycles. The van der Waals surface area contributed by atoms with E-state index >= 15 is 0 Å². The average Bonchev–Trinajstić information content (AvgIpc) is 2.45. The molecule has 0 spiro atoms. The van der Waals surface area contributed by atoms with Crippen LogP contribution in [0, 0.1) is 0 Å². The second-order valence-electron chi connectivity index (χ2n) is 5.58. The zero-order valence-corrected chi connectivity index (χ0v) is 13.5. The first kappa shape index (κ1) is 16.7. The second-order valence-corrected chi connectivity index (χ2v) is 5.58. The fourth-order valence-electron chi connectivity index (χ4n) is 2.39. The zero-order valence-electron chi connectivity index (χ0n) is 13.5. The van der Waals surface area contributed by atoms with Crippen molar-refractivity contribution in [2.45, 2.75) is 65.2 Å². The van der Waals surface area contributed by atoms with E-state index in [1.54, 1.807) is 6.33 Å². The first-order valence-corrected chi connectivity index (χ1v) is 7.97. The Kier molecular flexibility index (Phi) is 8.00. The second kappa shape index (κ2) is 9.56. The molecule has 0 fully saturated rings. The quantitative estimate of drug-likeness (QED) is 0.622. The molecule has 0 atom stereocenters. The van der Waals surface area contributed by atoms with E-state index in [4.69, 9.17) is 0 Å². The van der Waals surface area contributed by atoms with Gasteiger partial charge in [0, 0.05) is 19.2 Å². The van der Waals surface area contributed by atoms with Crippen LogP contribution < -0.4 is 10.6 Å². The van der Waals surface area contributed by atoms with Gasteiger partial charge in [-0.25, -0.2) is 9.97 Å². The summed E-state index contributed by atoms with van der Waals surface area (Å²) < 4.78 is 0. The van der Waals surface area contributed by atoms with Crippen molar-refractivity contribution in [1.82, 2.24) is 9.97 Å². The van der Waals surface area contributed by atoms with Crippen LogP contribution in [0.25, 0.3) is 0 Å². The van der Waals surface area contributed by atoms with Gasteiger partial charge >= 0.3 is 0 Å². The Bertz CT molecular complexity index is 377. The fourth-order valence-corrected chi connectivity index (χ4v) is 2.39. The number of nitrogens with zero attached hydrogens (tertiary/aromatic N) is 2. The maximum atomic E-state index is 4.39. The number of hydrogen-bond acceptors (Lipinski definition) is 4. The molecule has 114 valence electrons. The highest BCUT2D eigenvalue weighted by atomic mass is 15.1. The van der Waals surface area contributed by atoms with Crippen LogP contribution in [0.1, 0.15) is 70.8 Å². The Balaban J connectivity index is 2.43. The van der Waals surface area contributed by atoms with Crippen LogP contribution >= 0.6 is 0 Å². The van der Waals surface area contributed by atoms with E-state index in [1.807, 2.05) is 7.05 Å². The lowest BCUT2D eigenvalue weighted by Crippen LogP contribution is -2.10. The number of aromatic nitrogens is 2. The van der Waals surface area contributed by atoms with E-state index in [9.17, 15) is 0 Å². The molecule has 4 nitrogen and oxygen atoms in total. The van der Waals surface area contributed by atoms with Crippen molar-refractivity contribution in [3.8, 4) is 0 Å². The standard InChI is InChI=1S/C16H30N4/c1-5-6-7-8-9-10-11-18-16-14(13(2)3)15(17-4)19-12-20-16/h12-13H,5-11H2,1-4H3,(H2,17,18,19,20). The molecule has 0 aliphatic rings. The predicted molar refractivity (Wildman–Crippen MR) is 87.5 cm³/mol. The van der Waals surface area contributed by atoms with Gasteiger partial charge in [0.25, 0.3) is 0 Å². The van der Waals surface area contributed by atoms with Crippen molar-refractivity contribution in [3.63, 3.8) is 0 Å². The topological polar surface area (TPSA) is 49.8 Å². The smallest absolute Gasteiger partial charge is 0.134 e. The monoisotopic (exact) mass is 278 g/mol. The van der Waals surface area contributed by atoms with Crippen LogP contribution in [0.15, 0.2) is 6.33 Å². The van der Waals surface area contributed by atoms with Gasteiger partial charge < -0.3 is 10.6 Å². The molecule has 1 rings (SSSR count). The van der Waals surface area contributed by atoms with E-state index in [0.29, 0.717) is 5.92 Å². The minimum atomic E-state index is 0.408. The first-order chi connectivity index (χ1) is 9.70. The molecule has 0 amide bonds. The largest absolute Gasteiger partial charge is 0.373 e. The van der Waals surface area contributed by atoms with Crippen LogP contribution in [0.3, 0.4) is 0 Å². The SMILES string of the molecule is CCCCCCCCNc1ncnc(NC)c1C(C)C. The summed E-state index contributed by atoms with van der Waals surface area (Å²) >= 11 is 0. The Morgan fingerprint density at radius 1 is 1.00 bits per heavy atom. The minimum Gasteiger partial charge on any atom is -0.373 e. The van der Waals surface area contributed by atoms with Gasteiger partial charge in [-0.2, -0.15) is 0 Å². The number of hydrogen-bond donors (Lipinski definition) is 2. The lowest BCUT2D eigenvalue weighted by Gasteiger charge is -2.16. The van der Waals surface area contributed by atoms with Crippen molar-refractivity contribution in [3.05, 3.63) is 11.9 Å². The van der Waals surface area contributed by atoms with Crippen LogP contribution in [0.2, 0.25) is 0 Å². The molecule has 0 aromatic carbocycles. The van der Waals surface area contributed by atoms with Crippen molar-refractivity contribution >= 4 is 11.6 Å². The van der Waals surface area contributed by atoms with Gasteiger partial charge in [-0.1, -0.05) is 52.9 Å². The Morgan fingerprint density at radius 3 is 2.30 bits per heavy atom. The maximum Gasteiger partial charge on any atom is 0.134 e. The lowest BCUT2D eigenvalue weighted by atomic mass is 10.0. The molecule has 20 heavy (non-hydrogen) atoms. The summed E-state index contributed by atoms with van der Waals surface area (Å²) in [6, 6.07) is 0. The molecule has 4 heteroatoms. The molecular formula is C16H30N4. The highest BCUT2D eigenvalue weighted by Crippen LogP contribution is 2.27. The van der Waals surface area contributed by atoms with Gasteiger partial charge in [0.15, 0.2) is 0 Å². The van der Waals surface area contributed by atoms with Gasteiger partial charge in [-0.15, -0.1) is 0 Å². The molecule has 0 bridgehead atoms. The number of rotatable bonds is 10. The highest BCUT2D eigenvalue weighted by molar-refractivity contribution is 5.58. The molecule has 1 aromatic rings. The maximum absolute atomic E-state index is 4.39. The molecule has 1 heterocycles. The molecule has 0 saturated heterocycles. The highest BCUT2D eigenvalue weighted by Gasteiger charge is 2.13. The molecule has 0 saturated carbocycles. The van der Waals surface area contributed by atoms with Crippen molar-refractivity contribution in [2.75, 3.05) is 24.2 Å². The van der Waals surface area contributed by atoms with Crippen LogP contribution in [0.5, 0.6) is 0 Å². The summed E-state index contributed by atoms with van der Waals surface area (Å²) in [5.74, 6) is 2.32. The van der Waals surface area contributed by atoms with E-state index in [2.05, 4.69) is 41.4 Å². The molecule has 0 radical (unpaired) electrons. The first-order valence-electron chi connectivity index (χ1n) is 7.97. The third-order valence-corrected chi connectivity index (χ3v) is 3.52. The number of nitrogens with one attached hydrogen (secondary N) is 2. The van der Waals surface area contributed by atoms with Gasteiger partial charge in [0.2, 0.25) is 0 Å². The van der Waals surface area contributed by atoms with E-state index in [0.717, 1.165) is 18.2 Å². The van der Waals surface area contributed by atoms with Gasteiger partial charge in [0.1, 0.15) is 18.0 Å². The molecule has 0 unspecified atom stereocenters. The molecule has 2 N–H and O–H groups in total. The Hall–Kier alpha value is -1.32. The van der Waals surface area contributed by atoms with Crippen LogP contribution in [-0.4, -0.2) is 23.6 Å². The third-order valence-electron chi connectivity index (χ3n) is 3.52. The van der Waals surface area contributed by atoms with Crippen molar-refractivity contribution < 1.29 is 0 Å². The van der Waals surface area contributed by atoms with Crippen molar-refractivity contribution in [2.24, 2.45) is 0 Å². The molecule has 0 aliphatic heterocycles. The van der Waals surface area contributed by atoms with Crippen molar-refractivity contribution in [1.29, 1.82) is 0 Å². The summed E-state index contributed by atoms with van der Waals surface area (Å²) in [6.45, 7) is 7.60. The average molecular weight is 278 g/mol. The normalized spacial score (nSPS) is 10.8. The summed E-state index contributed by atoms with van der Waals surface area (Å²) in [4.78, 5) is 8.69. The minimum absolute atomic E-state index is 0.408. The number of unbranched alkanes of at least 4 members (excludes halogenated alkanes) is 5. The van der Waals surface area contributed by atoms with Crippen LogP contribution in [0.4, 0.5) is 11.6 Å². The third kappa shape index (κ3) is 5.35. The molecular weight excluding hydrogens is 248 g/mol. The Morgan fingerprint density at radius 2 is 1.65 bits per heavy atom. The fraction of sp³-hybridized carbons (Fsp3) is 0.750. The summed E-state index contributed by atoms with van der Waals surface area (Å²) in [6.07, 6.45) is 9.52. The van der Waals surface area contributed by atoms with E-state index in [1.165, 1.54) is 44.1 Å². The summed E-state index contributed by atoms with van der Waals surface area (Å²) in [5.41, 5.74) is 1.18. The number of anilines is 2. The van der Waals surface area contributed by atoms with Gasteiger partial charge in [-0.05, 0) is 12.3 Å². The summed E-state index contributed by atoms with van der Waals surface area (Å²) in [5, 5.41) is 6.62. The van der Waals surface area contributed by atoms with Gasteiger partial charge in [-0.3, -0.25) is 0 Å². The molecule has 1 aromatic heterocycles. The van der Waals surface area contributed by atoms with Crippen LogP contribution in [-0.2, 0) is 0 Å². The van der Waals surface area contributed by atoms with Gasteiger partial charge in [0.05, 0.1) is 0 Å². The summed E-state index contributed by atoms with van der Waals surface area (Å²) in [7, 11) is 1.91. The van der Waals surface area contributed by atoms with E-state index < -0.39 is 0 Å².